The maximum atomic E-state index is 11.1. The summed E-state index contributed by atoms with van der Waals surface area (Å²) in [4.78, 5) is 22.6. The first-order chi connectivity index (χ1) is 8.49. The van der Waals surface area contributed by atoms with Crippen molar-refractivity contribution in [3.05, 3.63) is 15.8 Å². The van der Waals surface area contributed by atoms with Crippen LogP contribution in [0, 0.1) is 17.0 Å². The van der Waals surface area contributed by atoms with Gasteiger partial charge in [0.1, 0.15) is 5.69 Å². The van der Waals surface area contributed by atoms with E-state index in [2.05, 4.69) is 14.9 Å². The number of anilines is 2. The maximum Gasteiger partial charge on any atom is 0.332 e. The van der Waals surface area contributed by atoms with Crippen LogP contribution >= 0.6 is 0 Å². The van der Waals surface area contributed by atoms with Gasteiger partial charge >= 0.3 is 5.69 Å². The van der Waals surface area contributed by atoms with Crippen LogP contribution in [0.4, 0.5) is 17.5 Å². The number of nitro groups is 1. The summed E-state index contributed by atoms with van der Waals surface area (Å²) >= 11 is 0. The molecule has 0 bridgehead atoms. The van der Waals surface area contributed by atoms with Crippen LogP contribution in [0.15, 0.2) is 0 Å². The number of hydrogen-bond donors (Lipinski definition) is 1. The van der Waals surface area contributed by atoms with Gasteiger partial charge in [0.2, 0.25) is 11.8 Å². The zero-order chi connectivity index (χ0) is 13.3. The molecular formula is C10H16N6O2. The smallest absolute Gasteiger partial charge is 0.332 e. The number of piperazine rings is 1. The Hall–Kier alpha value is -1.96. The van der Waals surface area contributed by atoms with Gasteiger partial charge in [-0.3, -0.25) is 10.1 Å². The van der Waals surface area contributed by atoms with Gasteiger partial charge in [-0.05, 0) is 14.0 Å². The topological polar surface area (TPSA) is 101 Å². The number of rotatable bonds is 2. The molecule has 2 rings (SSSR count). The van der Waals surface area contributed by atoms with Crippen LogP contribution in [0.3, 0.4) is 0 Å². The third-order valence-electron chi connectivity index (χ3n) is 3.04. The van der Waals surface area contributed by atoms with E-state index in [9.17, 15) is 10.1 Å². The quantitative estimate of drug-likeness (QED) is 0.585. The molecule has 8 heteroatoms. The number of aryl methyl sites for hydroxylation is 1. The lowest BCUT2D eigenvalue weighted by molar-refractivity contribution is -0.385. The van der Waals surface area contributed by atoms with E-state index < -0.39 is 4.92 Å². The number of nitrogens with two attached hydrogens (primary N) is 1. The zero-order valence-corrected chi connectivity index (χ0v) is 10.5. The fourth-order valence-electron chi connectivity index (χ4n) is 2.03. The van der Waals surface area contributed by atoms with E-state index in [1.807, 2.05) is 11.9 Å². The highest BCUT2D eigenvalue weighted by molar-refractivity contribution is 5.62. The second kappa shape index (κ2) is 4.73. The summed E-state index contributed by atoms with van der Waals surface area (Å²) in [7, 11) is 2.02. The monoisotopic (exact) mass is 252 g/mol. The van der Waals surface area contributed by atoms with Gasteiger partial charge < -0.3 is 15.5 Å². The molecule has 2 N–H and O–H groups in total. The Morgan fingerprint density at radius 1 is 1.28 bits per heavy atom. The zero-order valence-electron chi connectivity index (χ0n) is 10.5. The molecule has 2 heterocycles. The second-order valence-corrected chi connectivity index (χ2v) is 4.39. The third-order valence-corrected chi connectivity index (χ3v) is 3.04. The van der Waals surface area contributed by atoms with E-state index in [0.29, 0.717) is 24.6 Å². The van der Waals surface area contributed by atoms with Crippen LogP contribution in [0.1, 0.15) is 5.69 Å². The van der Waals surface area contributed by atoms with E-state index in [-0.39, 0.29) is 11.6 Å². The molecule has 1 aliphatic rings. The highest BCUT2D eigenvalue weighted by Gasteiger charge is 2.27. The summed E-state index contributed by atoms with van der Waals surface area (Å²) in [6.07, 6.45) is 0. The van der Waals surface area contributed by atoms with E-state index in [0.717, 1.165) is 13.1 Å². The van der Waals surface area contributed by atoms with Crippen molar-refractivity contribution in [2.75, 3.05) is 43.9 Å². The summed E-state index contributed by atoms with van der Waals surface area (Å²) in [5.74, 6) is 0.408. The molecule has 98 valence electrons. The molecule has 0 amide bonds. The van der Waals surface area contributed by atoms with Crippen LogP contribution in [0.25, 0.3) is 0 Å². The molecule has 1 aromatic rings. The first kappa shape index (κ1) is 12.5. The van der Waals surface area contributed by atoms with E-state index in [1.165, 1.54) is 0 Å². The van der Waals surface area contributed by atoms with Crippen molar-refractivity contribution in [3.8, 4) is 0 Å². The van der Waals surface area contributed by atoms with Crippen molar-refractivity contribution in [1.82, 2.24) is 14.9 Å². The summed E-state index contributed by atoms with van der Waals surface area (Å²) in [6, 6.07) is 0. The largest absolute Gasteiger partial charge is 0.368 e. The van der Waals surface area contributed by atoms with Crippen LogP contribution in [-0.4, -0.2) is 53.0 Å². The molecule has 1 fully saturated rings. The SMILES string of the molecule is Cc1nc(N)nc(N2CCN(C)CC2)c1[N+](=O)[O-]. The molecule has 0 aliphatic carbocycles. The van der Waals surface area contributed by atoms with Gasteiger partial charge in [-0.15, -0.1) is 0 Å². The van der Waals surface area contributed by atoms with Crippen molar-refractivity contribution in [3.63, 3.8) is 0 Å². The van der Waals surface area contributed by atoms with Gasteiger partial charge in [0.25, 0.3) is 0 Å². The predicted molar refractivity (Wildman–Crippen MR) is 67.5 cm³/mol. The van der Waals surface area contributed by atoms with Gasteiger partial charge in [0.15, 0.2) is 0 Å². The summed E-state index contributed by atoms with van der Waals surface area (Å²) < 4.78 is 0. The van der Waals surface area contributed by atoms with Crippen molar-refractivity contribution in [2.24, 2.45) is 0 Å². The number of hydrogen-bond acceptors (Lipinski definition) is 7. The van der Waals surface area contributed by atoms with Crippen LogP contribution < -0.4 is 10.6 Å². The van der Waals surface area contributed by atoms with E-state index in [1.54, 1.807) is 6.92 Å². The Morgan fingerprint density at radius 3 is 2.44 bits per heavy atom. The Labute approximate surface area is 105 Å². The van der Waals surface area contributed by atoms with Crippen LogP contribution in [0.2, 0.25) is 0 Å². The molecule has 0 unspecified atom stereocenters. The lowest BCUT2D eigenvalue weighted by Crippen LogP contribution is -2.45. The highest BCUT2D eigenvalue weighted by atomic mass is 16.6. The Kier molecular flexibility index (Phi) is 3.28. The summed E-state index contributed by atoms with van der Waals surface area (Å²) in [6.45, 7) is 4.68. The van der Waals surface area contributed by atoms with Crippen molar-refractivity contribution in [1.29, 1.82) is 0 Å². The minimum absolute atomic E-state index is 0.0475. The molecule has 0 saturated carbocycles. The third kappa shape index (κ3) is 2.33. The molecular weight excluding hydrogens is 236 g/mol. The van der Waals surface area contributed by atoms with Gasteiger partial charge in [-0.2, -0.15) is 4.98 Å². The first-order valence-electron chi connectivity index (χ1n) is 5.71. The molecule has 0 atom stereocenters. The predicted octanol–water partition coefficient (Wildman–Crippen LogP) is 0.0272. The van der Waals surface area contributed by atoms with Crippen LogP contribution in [-0.2, 0) is 0 Å². The molecule has 1 aliphatic heterocycles. The standard InChI is InChI=1S/C10H16N6O2/c1-7-8(16(17)18)9(13-10(11)12-7)15-5-3-14(2)4-6-15/h3-6H2,1-2H3,(H2,11,12,13). The molecule has 8 nitrogen and oxygen atoms in total. The van der Waals surface area contributed by atoms with E-state index in [4.69, 9.17) is 5.73 Å². The fourth-order valence-corrected chi connectivity index (χ4v) is 2.03. The minimum Gasteiger partial charge on any atom is -0.368 e. The molecule has 0 spiro atoms. The molecule has 0 aromatic carbocycles. The summed E-state index contributed by atoms with van der Waals surface area (Å²) in [5.41, 5.74) is 5.84. The normalized spacial score (nSPS) is 16.9. The Morgan fingerprint density at radius 2 is 1.89 bits per heavy atom. The molecule has 1 aromatic heterocycles. The van der Waals surface area contributed by atoms with Gasteiger partial charge in [0, 0.05) is 26.2 Å². The van der Waals surface area contributed by atoms with Crippen molar-refractivity contribution < 1.29 is 4.92 Å². The lowest BCUT2D eigenvalue weighted by atomic mass is 10.3. The fraction of sp³-hybridized carbons (Fsp3) is 0.600. The van der Waals surface area contributed by atoms with Crippen molar-refractivity contribution in [2.45, 2.75) is 6.92 Å². The first-order valence-corrected chi connectivity index (χ1v) is 5.71. The number of nitrogens with zero attached hydrogens (tertiary/aromatic N) is 5. The van der Waals surface area contributed by atoms with Gasteiger partial charge in [-0.1, -0.05) is 0 Å². The number of nitrogen functional groups attached to an aromatic ring is 1. The Bertz CT molecular complexity index is 470. The molecule has 1 saturated heterocycles. The van der Waals surface area contributed by atoms with Gasteiger partial charge in [0.05, 0.1) is 4.92 Å². The molecule has 0 radical (unpaired) electrons. The highest BCUT2D eigenvalue weighted by Crippen LogP contribution is 2.29. The molecule has 18 heavy (non-hydrogen) atoms. The van der Waals surface area contributed by atoms with Crippen molar-refractivity contribution >= 4 is 17.5 Å². The van der Waals surface area contributed by atoms with Crippen LogP contribution in [0.5, 0.6) is 0 Å². The maximum absolute atomic E-state index is 11.1. The second-order valence-electron chi connectivity index (χ2n) is 4.39. The van der Waals surface area contributed by atoms with Gasteiger partial charge in [-0.25, -0.2) is 4.98 Å². The minimum atomic E-state index is -0.442. The number of likely N-dealkylation sites (N-methyl/N-ethyl adjacent to an activating group) is 1. The summed E-state index contributed by atoms with van der Waals surface area (Å²) in [5, 5.41) is 11.1. The van der Waals surface area contributed by atoms with E-state index >= 15 is 0 Å². The lowest BCUT2D eigenvalue weighted by Gasteiger charge is -2.32. The average molecular weight is 252 g/mol. The number of aromatic nitrogens is 2. The Balaban J connectivity index is 2.39. The average Bonchev–Trinajstić information content (AvgIpc) is 2.28.